The fourth-order valence-corrected chi connectivity index (χ4v) is 2.65. The molecule has 0 amide bonds. The first kappa shape index (κ1) is 11.9. The lowest BCUT2D eigenvalue weighted by Gasteiger charge is -2.09. The number of benzene rings is 1. The van der Waals surface area contributed by atoms with Crippen molar-refractivity contribution in [2.45, 2.75) is 13.0 Å². The lowest BCUT2D eigenvalue weighted by molar-refractivity contribution is 0.224. The molecule has 0 aliphatic rings. The molecule has 0 radical (unpaired) electrons. The summed E-state index contributed by atoms with van der Waals surface area (Å²) in [5.41, 5.74) is 0.760. The smallest absolute Gasteiger partial charge is 0.113 e. The Morgan fingerprint density at radius 1 is 1.12 bits per heavy atom. The molecule has 84 valence electrons. The van der Waals surface area contributed by atoms with E-state index in [1.807, 2.05) is 19.1 Å². The van der Waals surface area contributed by atoms with Gasteiger partial charge in [0.05, 0.1) is 10.0 Å². The SMILES string of the molecule is Cc1ccc([C@@H](O)c2ccc(Cl)c(Cl)c2)s1. The van der Waals surface area contributed by atoms with Crippen molar-refractivity contribution in [1.82, 2.24) is 0 Å². The van der Waals surface area contributed by atoms with Gasteiger partial charge in [-0.3, -0.25) is 0 Å². The molecule has 2 rings (SSSR count). The molecular formula is C12H10Cl2OS. The predicted molar refractivity (Wildman–Crippen MR) is 69.6 cm³/mol. The Hall–Kier alpha value is -0.540. The number of aliphatic hydroxyl groups excluding tert-OH is 1. The van der Waals surface area contributed by atoms with Crippen LogP contribution in [-0.4, -0.2) is 5.11 Å². The first-order valence-corrected chi connectivity index (χ1v) is 6.34. The van der Waals surface area contributed by atoms with Crippen molar-refractivity contribution in [3.8, 4) is 0 Å². The third-order valence-corrected chi connectivity index (χ3v) is 4.08. The van der Waals surface area contributed by atoms with Crippen LogP contribution in [0.3, 0.4) is 0 Å². The van der Waals surface area contributed by atoms with Crippen LogP contribution >= 0.6 is 34.5 Å². The predicted octanol–water partition coefficient (Wildman–Crippen LogP) is 4.45. The lowest BCUT2D eigenvalue weighted by Crippen LogP contribution is -1.96. The zero-order valence-electron chi connectivity index (χ0n) is 8.58. The van der Waals surface area contributed by atoms with Crippen LogP contribution in [0.1, 0.15) is 21.4 Å². The molecule has 1 atom stereocenters. The highest BCUT2D eigenvalue weighted by Gasteiger charge is 2.13. The van der Waals surface area contributed by atoms with E-state index in [0.717, 1.165) is 10.4 Å². The molecule has 0 aliphatic heterocycles. The fourth-order valence-electron chi connectivity index (χ4n) is 1.45. The molecule has 1 aromatic carbocycles. The summed E-state index contributed by atoms with van der Waals surface area (Å²) in [6.07, 6.45) is -0.631. The van der Waals surface area contributed by atoms with Gasteiger partial charge in [0, 0.05) is 9.75 Å². The van der Waals surface area contributed by atoms with E-state index < -0.39 is 6.10 Å². The summed E-state index contributed by atoms with van der Waals surface area (Å²) in [5, 5.41) is 11.1. The molecule has 1 aromatic heterocycles. The molecule has 1 heterocycles. The largest absolute Gasteiger partial charge is 0.383 e. The molecular weight excluding hydrogens is 263 g/mol. The summed E-state index contributed by atoms with van der Waals surface area (Å²) >= 11 is 13.3. The number of rotatable bonds is 2. The van der Waals surface area contributed by atoms with E-state index in [1.54, 1.807) is 29.5 Å². The third-order valence-electron chi connectivity index (χ3n) is 2.29. The average molecular weight is 273 g/mol. The van der Waals surface area contributed by atoms with Gasteiger partial charge < -0.3 is 5.11 Å². The molecule has 0 bridgehead atoms. The van der Waals surface area contributed by atoms with Crippen molar-refractivity contribution in [2.24, 2.45) is 0 Å². The van der Waals surface area contributed by atoms with Crippen LogP contribution in [-0.2, 0) is 0 Å². The second kappa shape index (κ2) is 4.76. The molecule has 16 heavy (non-hydrogen) atoms. The number of aliphatic hydroxyl groups is 1. The van der Waals surface area contributed by atoms with Crippen LogP contribution in [0.2, 0.25) is 10.0 Å². The minimum atomic E-state index is -0.631. The summed E-state index contributed by atoms with van der Waals surface area (Å²) in [5.74, 6) is 0. The third kappa shape index (κ3) is 2.41. The Balaban J connectivity index is 2.33. The average Bonchev–Trinajstić information content (AvgIpc) is 2.68. The van der Waals surface area contributed by atoms with Crippen molar-refractivity contribution in [1.29, 1.82) is 0 Å². The highest BCUT2D eigenvalue weighted by molar-refractivity contribution is 7.12. The van der Waals surface area contributed by atoms with Gasteiger partial charge in [-0.25, -0.2) is 0 Å². The second-order valence-electron chi connectivity index (χ2n) is 3.52. The van der Waals surface area contributed by atoms with Crippen LogP contribution < -0.4 is 0 Å². The first-order valence-electron chi connectivity index (χ1n) is 4.77. The highest BCUT2D eigenvalue weighted by atomic mass is 35.5. The Morgan fingerprint density at radius 2 is 1.88 bits per heavy atom. The Morgan fingerprint density at radius 3 is 2.44 bits per heavy atom. The Labute approximate surface area is 108 Å². The fraction of sp³-hybridized carbons (Fsp3) is 0.167. The topological polar surface area (TPSA) is 20.2 Å². The molecule has 0 fully saturated rings. The van der Waals surface area contributed by atoms with Gasteiger partial charge in [0.1, 0.15) is 6.10 Å². The standard InChI is InChI=1S/C12H10Cl2OS/c1-7-2-5-11(16-7)12(15)8-3-4-9(13)10(14)6-8/h2-6,12,15H,1H3/t12-/m0/s1. The maximum Gasteiger partial charge on any atom is 0.113 e. The Kier molecular flexibility index (Phi) is 3.55. The number of aryl methyl sites for hydroxylation is 1. The van der Waals surface area contributed by atoms with Gasteiger partial charge in [-0.05, 0) is 36.8 Å². The summed E-state index contributed by atoms with van der Waals surface area (Å²) in [6.45, 7) is 2.01. The van der Waals surface area contributed by atoms with Crippen molar-refractivity contribution < 1.29 is 5.11 Å². The molecule has 0 spiro atoms. The van der Waals surface area contributed by atoms with Crippen LogP contribution in [0.5, 0.6) is 0 Å². The van der Waals surface area contributed by atoms with Crippen LogP contribution in [0, 0.1) is 6.92 Å². The van der Waals surface area contributed by atoms with Crippen molar-refractivity contribution in [3.63, 3.8) is 0 Å². The Bertz CT molecular complexity index is 507. The van der Waals surface area contributed by atoms with Gasteiger partial charge in [0.15, 0.2) is 0 Å². The van der Waals surface area contributed by atoms with Gasteiger partial charge in [0.2, 0.25) is 0 Å². The van der Waals surface area contributed by atoms with Crippen LogP contribution in [0.15, 0.2) is 30.3 Å². The van der Waals surface area contributed by atoms with Gasteiger partial charge in [-0.2, -0.15) is 0 Å². The molecule has 0 unspecified atom stereocenters. The number of halogens is 2. The van der Waals surface area contributed by atoms with Gasteiger partial charge in [0.25, 0.3) is 0 Å². The van der Waals surface area contributed by atoms with E-state index in [4.69, 9.17) is 23.2 Å². The summed E-state index contributed by atoms with van der Waals surface area (Å²) in [7, 11) is 0. The van der Waals surface area contributed by atoms with Crippen molar-refractivity contribution in [3.05, 3.63) is 55.7 Å². The molecule has 2 aromatic rings. The van der Waals surface area contributed by atoms with E-state index in [9.17, 15) is 5.11 Å². The summed E-state index contributed by atoms with van der Waals surface area (Å²) in [6, 6.07) is 9.09. The van der Waals surface area contributed by atoms with E-state index >= 15 is 0 Å². The number of thiophene rings is 1. The minimum Gasteiger partial charge on any atom is -0.383 e. The molecule has 1 nitrogen and oxygen atoms in total. The van der Waals surface area contributed by atoms with Gasteiger partial charge in [-0.15, -0.1) is 11.3 Å². The zero-order chi connectivity index (χ0) is 11.7. The maximum atomic E-state index is 10.1. The molecule has 1 N–H and O–H groups in total. The minimum absolute atomic E-state index is 0.464. The van der Waals surface area contributed by atoms with Crippen LogP contribution in [0.25, 0.3) is 0 Å². The van der Waals surface area contributed by atoms with Gasteiger partial charge in [-0.1, -0.05) is 29.3 Å². The van der Waals surface area contributed by atoms with E-state index in [0.29, 0.717) is 10.0 Å². The van der Waals surface area contributed by atoms with Crippen LogP contribution in [0.4, 0.5) is 0 Å². The molecule has 0 aliphatic carbocycles. The molecule has 0 saturated carbocycles. The van der Waals surface area contributed by atoms with E-state index in [1.165, 1.54) is 4.88 Å². The number of hydrogen-bond donors (Lipinski definition) is 1. The van der Waals surface area contributed by atoms with Crippen molar-refractivity contribution >= 4 is 34.5 Å². The zero-order valence-corrected chi connectivity index (χ0v) is 10.9. The maximum absolute atomic E-state index is 10.1. The van der Waals surface area contributed by atoms with Gasteiger partial charge >= 0.3 is 0 Å². The first-order chi connectivity index (χ1) is 7.58. The van der Waals surface area contributed by atoms with E-state index in [2.05, 4.69) is 0 Å². The quantitative estimate of drug-likeness (QED) is 0.857. The highest BCUT2D eigenvalue weighted by Crippen LogP contribution is 2.31. The summed E-state index contributed by atoms with van der Waals surface area (Å²) in [4.78, 5) is 2.09. The molecule has 4 heteroatoms. The van der Waals surface area contributed by atoms with Crippen molar-refractivity contribution in [2.75, 3.05) is 0 Å². The molecule has 0 saturated heterocycles. The monoisotopic (exact) mass is 272 g/mol. The van der Waals surface area contributed by atoms with E-state index in [-0.39, 0.29) is 0 Å². The normalized spacial score (nSPS) is 12.8. The lowest BCUT2D eigenvalue weighted by atomic mass is 10.1. The second-order valence-corrected chi connectivity index (χ2v) is 5.66. The summed E-state index contributed by atoms with van der Waals surface area (Å²) < 4.78 is 0. The number of hydrogen-bond acceptors (Lipinski definition) is 2.